The largest absolute Gasteiger partial charge is 0.338 e. The summed E-state index contributed by atoms with van der Waals surface area (Å²) >= 11 is 0. The van der Waals surface area contributed by atoms with Gasteiger partial charge in [-0.05, 0) is 33.1 Å². The van der Waals surface area contributed by atoms with Gasteiger partial charge in [0.1, 0.15) is 0 Å². The van der Waals surface area contributed by atoms with Crippen molar-refractivity contribution in [3.63, 3.8) is 0 Å². The van der Waals surface area contributed by atoms with Crippen molar-refractivity contribution in [2.75, 3.05) is 19.6 Å². The Morgan fingerprint density at radius 1 is 1.17 bits per heavy atom. The monoisotopic (exact) mass is 396 g/mol. The average molecular weight is 396 g/mol. The minimum Gasteiger partial charge on any atom is -0.338 e. The van der Waals surface area contributed by atoms with Crippen LogP contribution in [-0.4, -0.2) is 61.0 Å². The highest BCUT2D eigenvalue weighted by Gasteiger charge is 2.43. The van der Waals surface area contributed by atoms with Crippen molar-refractivity contribution in [3.8, 4) is 0 Å². The lowest BCUT2D eigenvalue weighted by molar-refractivity contribution is -0.139. The van der Waals surface area contributed by atoms with Crippen LogP contribution < -0.4 is 0 Å². The second kappa shape index (κ2) is 7.93. The molecule has 154 valence electrons. The summed E-state index contributed by atoms with van der Waals surface area (Å²) in [5.41, 5.74) is 2.27. The van der Waals surface area contributed by atoms with Crippen molar-refractivity contribution in [2.45, 2.75) is 52.6 Å². The molecule has 1 spiro atoms. The molecule has 2 aromatic rings. The van der Waals surface area contributed by atoms with E-state index in [1.54, 1.807) is 23.3 Å². The van der Waals surface area contributed by atoms with Gasteiger partial charge in [0.05, 0.1) is 35.9 Å². The van der Waals surface area contributed by atoms with Crippen LogP contribution in [0.15, 0.2) is 24.8 Å². The molecule has 2 aromatic heterocycles. The van der Waals surface area contributed by atoms with Crippen LogP contribution in [0.4, 0.5) is 0 Å². The number of piperidine rings is 2. The molecule has 0 N–H and O–H groups in total. The summed E-state index contributed by atoms with van der Waals surface area (Å²) in [6.07, 6.45) is 10.3. The molecule has 2 saturated heterocycles. The fourth-order valence-corrected chi connectivity index (χ4v) is 4.49. The van der Waals surface area contributed by atoms with Crippen LogP contribution in [0.3, 0.4) is 0 Å². The summed E-state index contributed by atoms with van der Waals surface area (Å²) in [6.45, 7) is 7.24. The molecular formula is C21H28N6O2. The van der Waals surface area contributed by atoms with Gasteiger partial charge >= 0.3 is 0 Å². The average Bonchev–Trinajstić information content (AvgIpc) is 3.21. The van der Waals surface area contributed by atoms with E-state index < -0.39 is 0 Å². The molecule has 2 aliphatic heterocycles. The van der Waals surface area contributed by atoms with Crippen molar-refractivity contribution in [2.24, 2.45) is 5.41 Å². The maximum atomic E-state index is 13.0. The fourth-order valence-electron chi connectivity index (χ4n) is 4.49. The van der Waals surface area contributed by atoms with Gasteiger partial charge in [0.15, 0.2) is 0 Å². The molecule has 4 heterocycles. The van der Waals surface area contributed by atoms with Gasteiger partial charge in [-0.15, -0.1) is 0 Å². The Balaban J connectivity index is 1.47. The summed E-state index contributed by atoms with van der Waals surface area (Å²) in [5, 5.41) is 4.23. The second-order valence-electron chi connectivity index (χ2n) is 8.31. The third-order valence-corrected chi connectivity index (χ3v) is 6.09. The smallest absolute Gasteiger partial charge is 0.257 e. The Morgan fingerprint density at radius 2 is 2.03 bits per heavy atom. The van der Waals surface area contributed by atoms with E-state index in [-0.39, 0.29) is 17.2 Å². The van der Waals surface area contributed by atoms with Crippen LogP contribution in [0, 0.1) is 12.3 Å². The molecular weight excluding hydrogens is 368 g/mol. The molecule has 0 aliphatic carbocycles. The molecule has 2 aliphatic rings. The molecule has 8 heteroatoms. The van der Waals surface area contributed by atoms with Crippen molar-refractivity contribution in [3.05, 3.63) is 41.7 Å². The van der Waals surface area contributed by atoms with Crippen LogP contribution in [0.2, 0.25) is 0 Å². The fraction of sp³-hybridized carbons (Fsp3) is 0.571. The second-order valence-corrected chi connectivity index (χ2v) is 8.31. The van der Waals surface area contributed by atoms with E-state index in [0.717, 1.165) is 43.7 Å². The molecule has 4 rings (SSSR count). The maximum Gasteiger partial charge on any atom is 0.257 e. The molecule has 0 aromatic carbocycles. The van der Waals surface area contributed by atoms with Crippen molar-refractivity contribution >= 4 is 11.8 Å². The zero-order valence-electron chi connectivity index (χ0n) is 17.2. The summed E-state index contributed by atoms with van der Waals surface area (Å²) in [4.78, 5) is 38.1. The summed E-state index contributed by atoms with van der Waals surface area (Å²) < 4.78 is 1.77. The zero-order chi connectivity index (χ0) is 20.4. The highest BCUT2D eigenvalue weighted by Crippen LogP contribution is 2.39. The minimum atomic E-state index is -0.0410. The van der Waals surface area contributed by atoms with Gasteiger partial charge in [0.25, 0.3) is 5.91 Å². The molecule has 8 nitrogen and oxygen atoms in total. The maximum absolute atomic E-state index is 13.0. The highest BCUT2D eigenvalue weighted by atomic mass is 16.2. The molecule has 0 bridgehead atoms. The molecule has 2 fully saturated rings. The number of nitrogens with zero attached hydrogens (tertiary/aromatic N) is 6. The van der Waals surface area contributed by atoms with Crippen LogP contribution in [-0.2, 0) is 17.9 Å². The molecule has 1 atom stereocenters. The van der Waals surface area contributed by atoms with Crippen molar-refractivity contribution < 1.29 is 9.59 Å². The Bertz CT molecular complexity index is 893. The number of hydrogen-bond donors (Lipinski definition) is 0. The van der Waals surface area contributed by atoms with E-state index in [9.17, 15) is 9.59 Å². The van der Waals surface area contributed by atoms with E-state index in [1.165, 1.54) is 0 Å². The number of aryl methyl sites for hydroxylation is 2. The number of aromatic nitrogens is 4. The summed E-state index contributed by atoms with van der Waals surface area (Å²) in [6, 6.07) is 0. The lowest BCUT2D eigenvalue weighted by Gasteiger charge is -2.48. The number of amides is 2. The Kier molecular flexibility index (Phi) is 5.34. The van der Waals surface area contributed by atoms with E-state index in [1.807, 2.05) is 29.8 Å². The summed E-state index contributed by atoms with van der Waals surface area (Å²) in [5.74, 6) is 0.197. The molecule has 0 unspecified atom stereocenters. The number of carbonyl (C=O) groups excluding carboxylic acids is 2. The molecule has 0 saturated carbocycles. The third-order valence-electron chi connectivity index (χ3n) is 6.09. The topological polar surface area (TPSA) is 84.2 Å². The first-order chi connectivity index (χ1) is 14.0. The predicted molar refractivity (Wildman–Crippen MR) is 107 cm³/mol. The van der Waals surface area contributed by atoms with Crippen LogP contribution >= 0.6 is 0 Å². The van der Waals surface area contributed by atoms with Gasteiger partial charge < -0.3 is 9.80 Å². The van der Waals surface area contributed by atoms with E-state index in [2.05, 4.69) is 15.1 Å². The van der Waals surface area contributed by atoms with Crippen LogP contribution in [0.1, 0.15) is 54.4 Å². The van der Waals surface area contributed by atoms with E-state index >= 15 is 0 Å². The van der Waals surface area contributed by atoms with Gasteiger partial charge in [-0.2, -0.15) is 5.10 Å². The number of carbonyl (C=O) groups is 2. The van der Waals surface area contributed by atoms with Crippen LogP contribution in [0.5, 0.6) is 0 Å². The lowest BCUT2D eigenvalue weighted by atomic mass is 9.73. The normalized spacial score (nSPS) is 22.3. The highest BCUT2D eigenvalue weighted by molar-refractivity contribution is 5.93. The minimum absolute atomic E-state index is 0.0385. The first-order valence-electron chi connectivity index (χ1n) is 10.3. The van der Waals surface area contributed by atoms with Crippen molar-refractivity contribution in [1.82, 2.24) is 29.5 Å². The van der Waals surface area contributed by atoms with Gasteiger partial charge in [0.2, 0.25) is 5.91 Å². The first-order valence-corrected chi connectivity index (χ1v) is 10.3. The third kappa shape index (κ3) is 4.16. The molecule has 0 radical (unpaired) electrons. The van der Waals surface area contributed by atoms with E-state index in [0.29, 0.717) is 31.6 Å². The predicted octanol–water partition coefficient (Wildman–Crippen LogP) is 2.05. The SMILES string of the molecule is CCn1cc(C(=O)N2CCC[C@@]3(CCC(=O)N(Cc4cnc(C)cn4)C3)C2)cn1. The quantitative estimate of drug-likeness (QED) is 0.790. The zero-order valence-corrected chi connectivity index (χ0v) is 17.2. The van der Waals surface area contributed by atoms with Gasteiger partial charge in [0, 0.05) is 50.4 Å². The Morgan fingerprint density at radius 3 is 2.76 bits per heavy atom. The van der Waals surface area contributed by atoms with E-state index in [4.69, 9.17) is 0 Å². The van der Waals surface area contributed by atoms with Crippen LogP contribution in [0.25, 0.3) is 0 Å². The molecule has 29 heavy (non-hydrogen) atoms. The molecule has 2 amide bonds. The number of rotatable bonds is 4. The van der Waals surface area contributed by atoms with Gasteiger partial charge in [-0.3, -0.25) is 24.2 Å². The standard InChI is InChI=1S/C21H28N6O2/c1-3-27-12-17(10-24-27)20(29)25-8-4-6-21(14-25)7-5-19(28)26(15-21)13-18-11-22-16(2)9-23-18/h9-12H,3-8,13-15H2,1-2H3/t21-/m1/s1. The van der Waals surface area contributed by atoms with Gasteiger partial charge in [-0.25, -0.2) is 0 Å². The Labute approximate surface area is 170 Å². The number of hydrogen-bond acceptors (Lipinski definition) is 5. The summed E-state index contributed by atoms with van der Waals surface area (Å²) in [7, 11) is 0. The number of likely N-dealkylation sites (tertiary alicyclic amines) is 2. The Hall–Kier alpha value is -2.77. The first kappa shape index (κ1) is 19.5. The van der Waals surface area contributed by atoms with Gasteiger partial charge in [-0.1, -0.05) is 0 Å². The van der Waals surface area contributed by atoms with Crippen molar-refractivity contribution in [1.29, 1.82) is 0 Å². The lowest BCUT2D eigenvalue weighted by Crippen LogP contribution is -2.54.